The van der Waals surface area contributed by atoms with Crippen LogP contribution in [0.3, 0.4) is 0 Å². The fraction of sp³-hybridized carbons (Fsp3) is 0.125. The molecule has 14 heavy (non-hydrogen) atoms. The van der Waals surface area contributed by atoms with E-state index in [9.17, 15) is 8.42 Å². The maximum atomic E-state index is 11.1. The van der Waals surface area contributed by atoms with Crippen molar-refractivity contribution in [1.82, 2.24) is 0 Å². The Morgan fingerprint density at radius 3 is 2.71 bits per heavy atom. The summed E-state index contributed by atoms with van der Waals surface area (Å²) in [6.07, 6.45) is 2.27. The molecule has 1 aromatic rings. The lowest BCUT2D eigenvalue weighted by atomic mass is 10.4. The summed E-state index contributed by atoms with van der Waals surface area (Å²) in [5.41, 5.74) is 0. The number of nitrogens with zero attached hydrogens (tertiary/aromatic N) is 1. The molecule has 6 heteroatoms. The SMILES string of the molecule is CS(=O)(=O)/C(C#N)=C\c1sccc1Cl. The van der Waals surface area contributed by atoms with Gasteiger partial charge in [-0.2, -0.15) is 5.26 Å². The number of nitriles is 1. The molecule has 0 aliphatic rings. The molecule has 0 aromatic carbocycles. The summed E-state index contributed by atoms with van der Waals surface area (Å²) >= 11 is 7.04. The van der Waals surface area contributed by atoms with Gasteiger partial charge in [-0.1, -0.05) is 11.6 Å². The predicted octanol–water partition coefficient (Wildman–Crippen LogP) is 2.31. The Labute approximate surface area is 91.2 Å². The topological polar surface area (TPSA) is 57.9 Å². The number of hydrogen-bond acceptors (Lipinski definition) is 4. The highest BCUT2D eigenvalue weighted by Crippen LogP contribution is 2.25. The zero-order valence-corrected chi connectivity index (χ0v) is 9.58. The second-order valence-corrected chi connectivity index (χ2v) is 5.86. The van der Waals surface area contributed by atoms with Crippen LogP contribution in [0, 0.1) is 11.3 Å². The number of sulfone groups is 1. The van der Waals surface area contributed by atoms with Gasteiger partial charge in [0.2, 0.25) is 0 Å². The molecule has 1 rings (SSSR count). The summed E-state index contributed by atoms with van der Waals surface area (Å²) in [5, 5.41) is 10.8. The monoisotopic (exact) mass is 247 g/mol. The van der Waals surface area contributed by atoms with E-state index in [-0.39, 0.29) is 4.91 Å². The van der Waals surface area contributed by atoms with Crippen LogP contribution in [0.4, 0.5) is 0 Å². The van der Waals surface area contributed by atoms with E-state index >= 15 is 0 Å². The molecule has 0 aliphatic heterocycles. The van der Waals surface area contributed by atoms with Gasteiger partial charge >= 0.3 is 0 Å². The maximum Gasteiger partial charge on any atom is 0.185 e. The van der Waals surface area contributed by atoms with E-state index in [0.717, 1.165) is 6.26 Å². The summed E-state index contributed by atoms with van der Waals surface area (Å²) in [4.78, 5) is 0.301. The van der Waals surface area contributed by atoms with Crippen molar-refractivity contribution in [1.29, 1.82) is 5.26 Å². The van der Waals surface area contributed by atoms with E-state index < -0.39 is 9.84 Å². The van der Waals surface area contributed by atoms with Crippen molar-refractivity contribution in [2.24, 2.45) is 0 Å². The third kappa shape index (κ3) is 2.58. The molecular formula is C8H6ClNO2S2. The Morgan fingerprint density at radius 1 is 1.71 bits per heavy atom. The van der Waals surface area contributed by atoms with Gasteiger partial charge < -0.3 is 0 Å². The van der Waals surface area contributed by atoms with E-state index in [2.05, 4.69) is 0 Å². The number of hydrogen-bond donors (Lipinski definition) is 0. The maximum absolute atomic E-state index is 11.1. The quantitative estimate of drug-likeness (QED) is 0.754. The van der Waals surface area contributed by atoms with Crippen LogP contribution in [0.2, 0.25) is 5.02 Å². The Morgan fingerprint density at radius 2 is 2.36 bits per heavy atom. The van der Waals surface area contributed by atoms with Crippen LogP contribution in [-0.4, -0.2) is 14.7 Å². The summed E-state index contributed by atoms with van der Waals surface area (Å²) in [6, 6.07) is 3.28. The third-order valence-electron chi connectivity index (χ3n) is 1.42. The van der Waals surface area contributed by atoms with E-state index in [1.54, 1.807) is 17.5 Å². The molecule has 0 saturated carbocycles. The van der Waals surface area contributed by atoms with Crippen LogP contribution in [0.1, 0.15) is 4.88 Å². The highest BCUT2D eigenvalue weighted by Gasteiger charge is 2.11. The first kappa shape index (κ1) is 11.2. The minimum Gasteiger partial charge on any atom is -0.223 e. The fourth-order valence-corrected chi connectivity index (χ4v) is 2.37. The molecule has 74 valence electrons. The highest BCUT2D eigenvalue weighted by atomic mass is 35.5. The minimum atomic E-state index is -3.46. The van der Waals surface area contributed by atoms with Gasteiger partial charge in [0.05, 0.1) is 5.02 Å². The lowest BCUT2D eigenvalue weighted by Gasteiger charge is -1.93. The number of thiophene rings is 1. The summed E-state index contributed by atoms with van der Waals surface area (Å²) in [6.45, 7) is 0. The average molecular weight is 248 g/mol. The van der Waals surface area contributed by atoms with E-state index in [1.807, 2.05) is 0 Å². The zero-order valence-electron chi connectivity index (χ0n) is 7.19. The number of rotatable bonds is 2. The van der Waals surface area contributed by atoms with Gasteiger partial charge in [0.25, 0.3) is 0 Å². The molecule has 0 fully saturated rings. The predicted molar refractivity (Wildman–Crippen MR) is 57.8 cm³/mol. The van der Waals surface area contributed by atoms with Crippen LogP contribution in [0.5, 0.6) is 0 Å². The molecule has 0 atom stereocenters. The molecule has 0 radical (unpaired) electrons. The Kier molecular flexibility index (Phi) is 3.32. The summed E-state index contributed by atoms with van der Waals surface area (Å²) < 4.78 is 22.1. The first-order chi connectivity index (χ1) is 6.45. The minimum absolute atomic E-state index is 0.276. The molecule has 0 bridgehead atoms. The van der Waals surface area contributed by atoms with Gasteiger partial charge in [-0.15, -0.1) is 11.3 Å². The molecule has 1 aromatic heterocycles. The average Bonchev–Trinajstić information content (AvgIpc) is 2.45. The normalized spacial score (nSPS) is 12.5. The van der Waals surface area contributed by atoms with Gasteiger partial charge in [-0.3, -0.25) is 0 Å². The molecule has 3 nitrogen and oxygen atoms in total. The second kappa shape index (κ2) is 4.13. The molecule has 1 heterocycles. The van der Waals surface area contributed by atoms with E-state index in [4.69, 9.17) is 16.9 Å². The molecule has 0 spiro atoms. The molecule has 0 unspecified atom stereocenters. The first-order valence-corrected chi connectivity index (χ1v) is 6.65. The van der Waals surface area contributed by atoms with Crippen molar-refractivity contribution in [2.45, 2.75) is 0 Å². The Balaban J connectivity index is 3.23. The van der Waals surface area contributed by atoms with Crippen molar-refractivity contribution in [3.63, 3.8) is 0 Å². The van der Waals surface area contributed by atoms with Crippen molar-refractivity contribution in [3.05, 3.63) is 26.3 Å². The van der Waals surface area contributed by atoms with E-state index in [0.29, 0.717) is 9.90 Å². The van der Waals surface area contributed by atoms with Crippen LogP contribution < -0.4 is 0 Å². The van der Waals surface area contributed by atoms with Crippen LogP contribution >= 0.6 is 22.9 Å². The molecule has 0 N–H and O–H groups in total. The van der Waals surface area contributed by atoms with E-state index in [1.165, 1.54) is 17.4 Å². The number of halogens is 1. The molecule has 0 aliphatic carbocycles. The summed E-state index contributed by atoms with van der Waals surface area (Å²) in [5.74, 6) is 0. The van der Waals surface area contributed by atoms with Gasteiger partial charge in [0.15, 0.2) is 9.84 Å². The molecular weight excluding hydrogens is 242 g/mol. The van der Waals surface area contributed by atoms with Crippen molar-refractivity contribution in [2.75, 3.05) is 6.26 Å². The highest BCUT2D eigenvalue weighted by molar-refractivity contribution is 7.95. The first-order valence-electron chi connectivity index (χ1n) is 3.50. The lowest BCUT2D eigenvalue weighted by Crippen LogP contribution is -1.97. The van der Waals surface area contributed by atoms with Gasteiger partial charge in [-0.05, 0) is 17.5 Å². The Hall–Kier alpha value is -0.830. The fourth-order valence-electron chi connectivity index (χ4n) is 0.750. The molecule has 0 saturated heterocycles. The summed E-state index contributed by atoms with van der Waals surface area (Å²) in [7, 11) is -3.46. The molecule has 0 amide bonds. The number of allylic oxidation sites excluding steroid dienone is 1. The third-order valence-corrected chi connectivity index (χ3v) is 3.73. The zero-order chi connectivity index (χ0) is 10.8. The van der Waals surface area contributed by atoms with Gasteiger partial charge in [0.1, 0.15) is 11.0 Å². The largest absolute Gasteiger partial charge is 0.223 e. The van der Waals surface area contributed by atoms with Crippen LogP contribution in [-0.2, 0) is 9.84 Å². The van der Waals surface area contributed by atoms with Gasteiger partial charge in [-0.25, -0.2) is 8.42 Å². The lowest BCUT2D eigenvalue weighted by molar-refractivity contribution is 0.609. The van der Waals surface area contributed by atoms with Crippen molar-refractivity contribution in [3.8, 4) is 6.07 Å². The smallest absolute Gasteiger partial charge is 0.185 e. The standard InChI is InChI=1S/C8H6ClNO2S2/c1-14(11,12)6(5-10)4-8-7(9)2-3-13-8/h2-4H,1H3/b6-4-. The van der Waals surface area contributed by atoms with Crippen LogP contribution in [0.15, 0.2) is 16.4 Å². The van der Waals surface area contributed by atoms with Crippen LogP contribution in [0.25, 0.3) is 6.08 Å². The second-order valence-electron chi connectivity index (χ2n) is 2.53. The van der Waals surface area contributed by atoms with Crippen molar-refractivity contribution < 1.29 is 8.42 Å². The Bertz CT molecular complexity index is 508. The van der Waals surface area contributed by atoms with Crippen molar-refractivity contribution >= 4 is 38.9 Å². The van der Waals surface area contributed by atoms with Gasteiger partial charge in [0, 0.05) is 11.1 Å².